The molecule has 0 N–H and O–H groups in total. The van der Waals surface area contributed by atoms with Gasteiger partial charge in [-0.3, -0.25) is 9.36 Å². The van der Waals surface area contributed by atoms with E-state index in [-0.39, 0.29) is 5.56 Å². The Morgan fingerprint density at radius 3 is 3.00 bits per heavy atom. The fourth-order valence-electron chi connectivity index (χ4n) is 2.81. The summed E-state index contributed by atoms with van der Waals surface area (Å²) in [5, 5.41) is 0.702. The van der Waals surface area contributed by atoms with Crippen molar-refractivity contribution in [1.82, 2.24) is 9.55 Å². The van der Waals surface area contributed by atoms with Gasteiger partial charge in [0.05, 0.1) is 18.3 Å². The Hall–Kier alpha value is -1.69. The van der Waals surface area contributed by atoms with Crippen LogP contribution >= 0.6 is 11.3 Å². The fraction of sp³-hybridized carbons (Fsp3) is 0.533. The van der Waals surface area contributed by atoms with Gasteiger partial charge in [0, 0.05) is 4.88 Å². The van der Waals surface area contributed by atoms with Crippen LogP contribution in [0.1, 0.15) is 43.2 Å². The Balaban J connectivity index is 2.11. The predicted octanol–water partition coefficient (Wildman–Crippen LogP) is 2.46. The second-order valence-electron chi connectivity index (χ2n) is 5.28. The molecule has 0 unspecified atom stereocenters. The zero-order valence-corrected chi connectivity index (χ0v) is 13.0. The number of carbonyl (C=O) groups excluding carboxylic acids is 1. The van der Waals surface area contributed by atoms with Crippen molar-refractivity contribution in [2.45, 2.75) is 45.6 Å². The molecule has 21 heavy (non-hydrogen) atoms. The minimum atomic E-state index is -0.645. The topological polar surface area (TPSA) is 61.2 Å². The third kappa shape index (κ3) is 2.37. The molecule has 0 aliphatic heterocycles. The van der Waals surface area contributed by atoms with E-state index in [1.54, 1.807) is 25.2 Å². The van der Waals surface area contributed by atoms with Crippen molar-refractivity contribution in [1.29, 1.82) is 0 Å². The summed E-state index contributed by atoms with van der Waals surface area (Å²) in [6.07, 6.45) is 5.72. The lowest BCUT2D eigenvalue weighted by molar-refractivity contribution is -0.146. The molecule has 2 aromatic rings. The van der Waals surface area contributed by atoms with Crippen LogP contribution in [0.4, 0.5) is 0 Å². The number of nitrogens with zero attached hydrogens (tertiary/aromatic N) is 2. The maximum absolute atomic E-state index is 12.7. The van der Waals surface area contributed by atoms with Crippen LogP contribution < -0.4 is 5.56 Å². The second kappa shape index (κ2) is 5.60. The smallest absolute Gasteiger partial charge is 0.328 e. The van der Waals surface area contributed by atoms with Crippen LogP contribution in [-0.2, 0) is 22.4 Å². The van der Waals surface area contributed by atoms with Gasteiger partial charge in [0.2, 0.25) is 0 Å². The summed E-state index contributed by atoms with van der Waals surface area (Å²) >= 11 is 1.61. The quantitative estimate of drug-likeness (QED) is 0.817. The lowest BCUT2D eigenvalue weighted by Crippen LogP contribution is -2.29. The van der Waals surface area contributed by atoms with E-state index in [4.69, 9.17) is 4.74 Å². The van der Waals surface area contributed by atoms with Crippen LogP contribution in [0.3, 0.4) is 0 Å². The van der Waals surface area contributed by atoms with Crippen molar-refractivity contribution in [3.05, 3.63) is 27.1 Å². The Bertz CT molecular complexity index is 747. The molecule has 3 rings (SSSR count). The Morgan fingerprint density at radius 2 is 2.24 bits per heavy atom. The Labute approximate surface area is 126 Å². The number of hydrogen-bond donors (Lipinski definition) is 0. The summed E-state index contributed by atoms with van der Waals surface area (Å²) in [5.74, 6) is -0.398. The Kier molecular flexibility index (Phi) is 3.80. The van der Waals surface area contributed by atoms with Crippen LogP contribution in [0.15, 0.2) is 11.1 Å². The number of hydrogen-bond acceptors (Lipinski definition) is 5. The van der Waals surface area contributed by atoms with Crippen molar-refractivity contribution >= 4 is 27.5 Å². The molecule has 6 heteroatoms. The maximum Gasteiger partial charge on any atom is 0.328 e. The van der Waals surface area contributed by atoms with E-state index >= 15 is 0 Å². The summed E-state index contributed by atoms with van der Waals surface area (Å²) in [6, 6.07) is -0.645. The van der Waals surface area contributed by atoms with Gasteiger partial charge in [-0.1, -0.05) is 0 Å². The van der Waals surface area contributed by atoms with Crippen LogP contribution in [0.2, 0.25) is 0 Å². The van der Waals surface area contributed by atoms with Gasteiger partial charge in [0.1, 0.15) is 10.9 Å². The highest BCUT2D eigenvalue weighted by atomic mass is 32.1. The summed E-state index contributed by atoms with van der Waals surface area (Å²) in [7, 11) is 0. The minimum Gasteiger partial charge on any atom is -0.464 e. The van der Waals surface area contributed by atoms with Gasteiger partial charge in [-0.25, -0.2) is 9.78 Å². The van der Waals surface area contributed by atoms with E-state index in [0.717, 1.165) is 29.7 Å². The SMILES string of the molecule is CCOC(=O)[C@H](C)n1cnc2sc3c(c2c1=O)CCCC3. The normalized spacial score (nSPS) is 15.7. The first-order chi connectivity index (χ1) is 10.1. The largest absolute Gasteiger partial charge is 0.464 e. The lowest BCUT2D eigenvalue weighted by Gasteiger charge is -2.14. The van der Waals surface area contributed by atoms with Gasteiger partial charge >= 0.3 is 5.97 Å². The molecule has 112 valence electrons. The molecule has 0 saturated carbocycles. The summed E-state index contributed by atoms with van der Waals surface area (Å²) in [5.41, 5.74) is 1.02. The van der Waals surface area contributed by atoms with Crippen molar-refractivity contribution in [2.75, 3.05) is 6.61 Å². The third-order valence-electron chi connectivity index (χ3n) is 3.95. The highest BCUT2D eigenvalue weighted by Crippen LogP contribution is 2.33. The van der Waals surface area contributed by atoms with E-state index in [0.29, 0.717) is 12.0 Å². The van der Waals surface area contributed by atoms with E-state index < -0.39 is 12.0 Å². The molecule has 0 saturated heterocycles. The third-order valence-corrected chi connectivity index (χ3v) is 5.15. The van der Waals surface area contributed by atoms with Crippen LogP contribution in [0.5, 0.6) is 0 Å². The van der Waals surface area contributed by atoms with Crippen molar-refractivity contribution in [2.24, 2.45) is 0 Å². The minimum absolute atomic E-state index is 0.125. The molecule has 2 heterocycles. The van der Waals surface area contributed by atoms with Gasteiger partial charge in [0.15, 0.2) is 0 Å². The molecule has 0 spiro atoms. The molecule has 1 atom stereocenters. The molecule has 2 aromatic heterocycles. The summed E-state index contributed by atoms with van der Waals surface area (Å²) in [6.45, 7) is 3.73. The molecule has 5 nitrogen and oxygen atoms in total. The molecular weight excluding hydrogens is 288 g/mol. The summed E-state index contributed by atoms with van der Waals surface area (Å²) < 4.78 is 6.39. The van der Waals surface area contributed by atoms with Crippen LogP contribution in [0.25, 0.3) is 10.2 Å². The molecule has 0 aromatic carbocycles. The molecule has 1 aliphatic carbocycles. The van der Waals surface area contributed by atoms with Crippen LogP contribution in [-0.4, -0.2) is 22.1 Å². The maximum atomic E-state index is 12.7. The van der Waals surface area contributed by atoms with E-state index in [2.05, 4.69) is 4.98 Å². The zero-order valence-electron chi connectivity index (χ0n) is 12.2. The second-order valence-corrected chi connectivity index (χ2v) is 6.36. The zero-order chi connectivity index (χ0) is 15.0. The highest BCUT2D eigenvalue weighted by Gasteiger charge is 2.23. The van der Waals surface area contributed by atoms with Gasteiger partial charge in [-0.2, -0.15) is 0 Å². The average Bonchev–Trinajstić information content (AvgIpc) is 2.86. The molecular formula is C15H18N2O3S. The van der Waals surface area contributed by atoms with E-state index in [1.165, 1.54) is 22.2 Å². The monoisotopic (exact) mass is 306 g/mol. The van der Waals surface area contributed by atoms with Gasteiger partial charge in [-0.15, -0.1) is 11.3 Å². The fourth-order valence-corrected chi connectivity index (χ4v) is 4.03. The van der Waals surface area contributed by atoms with E-state index in [9.17, 15) is 9.59 Å². The first-order valence-electron chi connectivity index (χ1n) is 7.31. The number of ether oxygens (including phenoxy) is 1. The number of fused-ring (bicyclic) bond motifs is 3. The first-order valence-corrected chi connectivity index (χ1v) is 8.13. The Morgan fingerprint density at radius 1 is 1.48 bits per heavy atom. The highest BCUT2D eigenvalue weighted by molar-refractivity contribution is 7.18. The molecule has 0 radical (unpaired) electrons. The van der Waals surface area contributed by atoms with Gasteiger partial charge in [-0.05, 0) is 45.1 Å². The average molecular weight is 306 g/mol. The molecule has 0 fully saturated rings. The lowest BCUT2D eigenvalue weighted by atomic mass is 9.97. The number of aromatic nitrogens is 2. The number of aryl methyl sites for hydroxylation is 2. The van der Waals surface area contributed by atoms with E-state index in [1.807, 2.05) is 0 Å². The first kappa shape index (κ1) is 14.3. The molecule has 0 amide bonds. The van der Waals surface area contributed by atoms with Crippen molar-refractivity contribution in [3.63, 3.8) is 0 Å². The van der Waals surface area contributed by atoms with Gasteiger partial charge in [0.25, 0.3) is 5.56 Å². The summed E-state index contributed by atoms with van der Waals surface area (Å²) in [4.78, 5) is 31.0. The molecule has 1 aliphatic rings. The predicted molar refractivity (Wildman–Crippen MR) is 81.9 cm³/mol. The van der Waals surface area contributed by atoms with Crippen LogP contribution in [0, 0.1) is 0 Å². The molecule has 0 bridgehead atoms. The number of esters is 1. The van der Waals surface area contributed by atoms with Gasteiger partial charge < -0.3 is 4.74 Å². The van der Waals surface area contributed by atoms with Crippen molar-refractivity contribution in [3.8, 4) is 0 Å². The van der Waals surface area contributed by atoms with Crippen molar-refractivity contribution < 1.29 is 9.53 Å². The number of carbonyl (C=O) groups is 1. The number of thiophene rings is 1. The standard InChI is InChI=1S/C15H18N2O3S/c1-3-20-15(19)9(2)17-8-16-13-12(14(17)18)10-6-4-5-7-11(10)21-13/h8-9H,3-7H2,1-2H3/t9-/m0/s1. The number of rotatable bonds is 3.